The third kappa shape index (κ3) is 5.96. The third-order valence-electron chi connectivity index (χ3n) is 4.80. The van der Waals surface area contributed by atoms with Gasteiger partial charge in [0.25, 0.3) is 5.91 Å². The largest absolute Gasteiger partial charge is 0.493 e. The van der Waals surface area contributed by atoms with Crippen molar-refractivity contribution in [1.29, 1.82) is 0 Å². The van der Waals surface area contributed by atoms with E-state index in [2.05, 4.69) is 33.1 Å². The molecule has 1 aliphatic rings. The minimum Gasteiger partial charge on any atom is -0.493 e. The maximum absolute atomic E-state index is 12.5. The van der Waals surface area contributed by atoms with E-state index < -0.39 is 0 Å². The summed E-state index contributed by atoms with van der Waals surface area (Å²) in [5.74, 6) is 1.54. The van der Waals surface area contributed by atoms with Gasteiger partial charge in [0.15, 0.2) is 11.5 Å². The van der Waals surface area contributed by atoms with Gasteiger partial charge in [0.1, 0.15) is 6.61 Å². The molecule has 0 saturated carbocycles. The van der Waals surface area contributed by atoms with Gasteiger partial charge in [-0.25, -0.2) is 0 Å². The first-order valence-corrected chi connectivity index (χ1v) is 11.2. The van der Waals surface area contributed by atoms with Crippen molar-refractivity contribution in [2.75, 3.05) is 33.3 Å². The summed E-state index contributed by atoms with van der Waals surface area (Å²) in [4.78, 5) is 16.1. The van der Waals surface area contributed by atoms with Crippen LogP contribution in [0.3, 0.4) is 0 Å². The van der Waals surface area contributed by atoms with Crippen molar-refractivity contribution in [3.05, 3.63) is 44.6 Å². The molecule has 0 radical (unpaired) electrons. The molecule has 0 aliphatic carbocycles. The minimum atomic E-state index is -0.0830. The minimum absolute atomic E-state index is 0.0830. The van der Waals surface area contributed by atoms with Gasteiger partial charge in [-0.05, 0) is 78.1 Å². The fraction of sp³-hybridized carbons (Fsp3) is 0.476. The van der Waals surface area contributed by atoms with Gasteiger partial charge in [-0.3, -0.25) is 4.79 Å². The zero-order valence-corrected chi connectivity index (χ0v) is 18.8. The van der Waals surface area contributed by atoms with Crippen molar-refractivity contribution < 1.29 is 14.3 Å². The molecule has 1 saturated heterocycles. The van der Waals surface area contributed by atoms with Crippen LogP contribution in [0.15, 0.2) is 34.1 Å². The van der Waals surface area contributed by atoms with Crippen LogP contribution in [-0.4, -0.2) is 44.1 Å². The maximum atomic E-state index is 12.5. The second-order valence-electron chi connectivity index (χ2n) is 7.18. The lowest BCUT2D eigenvalue weighted by molar-refractivity contribution is 0.0944. The summed E-state index contributed by atoms with van der Waals surface area (Å²) in [5, 5.41) is 3.04. The molecule has 1 N–H and O–H groups in total. The topological polar surface area (TPSA) is 50.8 Å². The van der Waals surface area contributed by atoms with E-state index >= 15 is 0 Å². The molecule has 2 heterocycles. The molecular formula is C21H27BrN2O3S. The highest BCUT2D eigenvalue weighted by molar-refractivity contribution is 9.11. The number of thiophene rings is 1. The number of benzene rings is 1. The monoisotopic (exact) mass is 466 g/mol. The predicted octanol–water partition coefficient (Wildman–Crippen LogP) is 4.56. The quantitative estimate of drug-likeness (QED) is 0.588. The molecule has 1 aliphatic heterocycles. The summed E-state index contributed by atoms with van der Waals surface area (Å²) >= 11 is 5.08. The first-order valence-electron chi connectivity index (χ1n) is 9.60. The number of carbonyl (C=O) groups is 1. The van der Waals surface area contributed by atoms with Crippen molar-refractivity contribution >= 4 is 33.2 Å². The standard InChI is InChI=1S/C21H27BrN2O3S/c1-15(13-24-9-3-4-10-24)12-23-21(25)16-5-7-18(19(11-16)26-2)27-14-17-6-8-20(22)28-17/h5-8,11,15H,3-4,9-10,12-14H2,1-2H3,(H,23,25). The summed E-state index contributed by atoms with van der Waals surface area (Å²) in [6.45, 7) is 6.71. The number of rotatable bonds is 9. The highest BCUT2D eigenvalue weighted by Crippen LogP contribution is 2.30. The van der Waals surface area contributed by atoms with Crippen LogP contribution < -0.4 is 14.8 Å². The zero-order valence-electron chi connectivity index (χ0n) is 16.4. The fourth-order valence-corrected chi connectivity index (χ4v) is 4.74. The number of halogens is 1. The Labute approximate surface area is 179 Å². The number of methoxy groups -OCH3 is 1. The number of hydrogen-bond acceptors (Lipinski definition) is 5. The molecule has 0 bridgehead atoms. The van der Waals surface area contributed by atoms with Gasteiger partial charge in [-0.1, -0.05) is 6.92 Å². The van der Waals surface area contributed by atoms with Crippen molar-refractivity contribution in [2.45, 2.75) is 26.4 Å². The molecule has 1 amide bonds. The summed E-state index contributed by atoms with van der Waals surface area (Å²) in [5.41, 5.74) is 0.580. The van der Waals surface area contributed by atoms with Crippen LogP contribution >= 0.6 is 27.3 Å². The van der Waals surface area contributed by atoms with Gasteiger partial charge in [-0.15, -0.1) is 11.3 Å². The van der Waals surface area contributed by atoms with E-state index in [0.717, 1.165) is 15.2 Å². The summed E-state index contributed by atoms with van der Waals surface area (Å²) in [7, 11) is 1.59. The lowest BCUT2D eigenvalue weighted by Gasteiger charge is -2.20. The Morgan fingerprint density at radius 2 is 2.04 bits per heavy atom. The molecule has 1 aromatic heterocycles. The van der Waals surface area contributed by atoms with Crippen molar-refractivity contribution in [3.63, 3.8) is 0 Å². The molecule has 7 heteroatoms. The lowest BCUT2D eigenvalue weighted by atomic mass is 10.1. The first-order chi connectivity index (χ1) is 13.5. The zero-order chi connectivity index (χ0) is 19.9. The number of likely N-dealkylation sites (tertiary alicyclic amines) is 1. The third-order valence-corrected chi connectivity index (χ3v) is 6.40. The Morgan fingerprint density at radius 3 is 2.71 bits per heavy atom. The summed E-state index contributed by atoms with van der Waals surface area (Å²) in [6, 6.07) is 9.33. The fourth-order valence-electron chi connectivity index (χ4n) is 3.35. The molecule has 1 fully saturated rings. The number of carbonyl (C=O) groups excluding carboxylic acids is 1. The Hall–Kier alpha value is -1.57. The highest BCUT2D eigenvalue weighted by Gasteiger charge is 2.16. The normalized spacial score (nSPS) is 15.4. The van der Waals surface area contributed by atoms with Crippen molar-refractivity contribution in [3.8, 4) is 11.5 Å². The average molecular weight is 467 g/mol. The van der Waals surface area contributed by atoms with Crippen LogP contribution in [0.5, 0.6) is 11.5 Å². The average Bonchev–Trinajstić information content (AvgIpc) is 3.35. The molecule has 5 nitrogen and oxygen atoms in total. The lowest BCUT2D eigenvalue weighted by Crippen LogP contribution is -2.34. The molecule has 1 unspecified atom stereocenters. The molecule has 28 heavy (non-hydrogen) atoms. The molecule has 3 rings (SSSR count). The van der Waals surface area contributed by atoms with Gasteiger partial charge < -0.3 is 19.7 Å². The van der Waals surface area contributed by atoms with E-state index in [-0.39, 0.29) is 5.91 Å². The molecule has 152 valence electrons. The number of nitrogens with zero attached hydrogens (tertiary/aromatic N) is 1. The number of hydrogen-bond donors (Lipinski definition) is 1. The van der Waals surface area contributed by atoms with Crippen LogP contribution in [0.25, 0.3) is 0 Å². The van der Waals surface area contributed by atoms with E-state index in [1.165, 1.54) is 25.9 Å². The second kappa shape index (κ2) is 10.3. The van der Waals surface area contributed by atoms with Crippen LogP contribution in [0.4, 0.5) is 0 Å². The van der Waals surface area contributed by atoms with E-state index in [0.29, 0.717) is 36.1 Å². The predicted molar refractivity (Wildman–Crippen MR) is 117 cm³/mol. The Bertz CT molecular complexity index is 790. The Morgan fingerprint density at radius 1 is 1.25 bits per heavy atom. The SMILES string of the molecule is COc1cc(C(=O)NCC(C)CN2CCCC2)ccc1OCc1ccc(Br)s1. The Balaban J connectivity index is 1.53. The van der Waals surface area contributed by atoms with Crippen molar-refractivity contribution in [2.24, 2.45) is 5.92 Å². The van der Waals surface area contributed by atoms with Crippen LogP contribution in [-0.2, 0) is 6.61 Å². The van der Waals surface area contributed by atoms with E-state index in [4.69, 9.17) is 9.47 Å². The number of amides is 1. The summed E-state index contributed by atoms with van der Waals surface area (Å²) in [6.07, 6.45) is 2.58. The van der Waals surface area contributed by atoms with Gasteiger partial charge >= 0.3 is 0 Å². The highest BCUT2D eigenvalue weighted by atomic mass is 79.9. The Kier molecular flexibility index (Phi) is 7.76. The molecule has 2 aromatic rings. The van der Waals surface area contributed by atoms with E-state index in [1.54, 1.807) is 36.6 Å². The van der Waals surface area contributed by atoms with Gasteiger partial charge in [0, 0.05) is 23.5 Å². The second-order valence-corrected chi connectivity index (χ2v) is 9.73. The van der Waals surface area contributed by atoms with Crippen LogP contribution in [0.2, 0.25) is 0 Å². The van der Waals surface area contributed by atoms with E-state index in [1.807, 2.05) is 12.1 Å². The molecule has 0 spiro atoms. The number of ether oxygens (including phenoxy) is 2. The smallest absolute Gasteiger partial charge is 0.251 e. The van der Waals surface area contributed by atoms with Crippen molar-refractivity contribution in [1.82, 2.24) is 10.2 Å². The maximum Gasteiger partial charge on any atom is 0.251 e. The van der Waals surface area contributed by atoms with Gasteiger partial charge in [-0.2, -0.15) is 0 Å². The molecular weight excluding hydrogens is 440 g/mol. The van der Waals surface area contributed by atoms with E-state index in [9.17, 15) is 4.79 Å². The number of nitrogens with one attached hydrogen (secondary N) is 1. The van der Waals surface area contributed by atoms with Crippen LogP contribution in [0, 0.1) is 5.92 Å². The van der Waals surface area contributed by atoms with Crippen LogP contribution in [0.1, 0.15) is 35.0 Å². The van der Waals surface area contributed by atoms with Gasteiger partial charge in [0.05, 0.1) is 10.9 Å². The first kappa shape index (κ1) is 21.1. The molecule has 1 atom stereocenters. The summed E-state index contributed by atoms with van der Waals surface area (Å²) < 4.78 is 12.4. The van der Waals surface area contributed by atoms with Gasteiger partial charge in [0.2, 0.25) is 0 Å². The molecule has 1 aromatic carbocycles.